The molecule has 2 atom stereocenters. The van der Waals surface area contributed by atoms with Gasteiger partial charge in [-0.3, -0.25) is 5.43 Å². The third kappa shape index (κ3) is 3.51. The van der Waals surface area contributed by atoms with Gasteiger partial charge in [0.2, 0.25) is 0 Å². The van der Waals surface area contributed by atoms with Crippen molar-refractivity contribution in [1.82, 2.24) is 5.43 Å². The number of nitrogens with zero attached hydrogens (tertiary/aromatic N) is 1. The van der Waals surface area contributed by atoms with Gasteiger partial charge < -0.3 is 9.73 Å². The summed E-state index contributed by atoms with van der Waals surface area (Å²) in [5.41, 5.74) is 2.94. The molecule has 2 aromatic rings. The fourth-order valence-electron chi connectivity index (χ4n) is 2.22. The highest BCUT2D eigenvalue weighted by Gasteiger charge is 2.36. The van der Waals surface area contributed by atoms with Crippen LogP contribution in [0.25, 0.3) is 0 Å². The predicted molar refractivity (Wildman–Crippen MR) is 88.6 cm³/mol. The molecule has 1 aliphatic rings. The van der Waals surface area contributed by atoms with E-state index >= 15 is 0 Å². The third-order valence-electron chi connectivity index (χ3n) is 3.60. The SMILES string of the molecule is C[C@H]1C[C@H]1c1ccc(/C=N\NC(=S)Nc2ccccc2F)o1. The van der Waals surface area contributed by atoms with Crippen molar-refractivity contribution >= 4 is 29.2 Å². The molecule has 1 aromatic heterocycles. The Hall–Kier alpha value is -2.21. The summed E-state index contributed by atoms with van der Waals surface area (Å²) in [7, 11) is 0. The number of furan rings is 1. The normalized spacial score (nSPS) is 20.1. The lowest BCUT2D eigenvalue weighted by molar-refractivity contribution is 0.500. The van der Waals surface area contributed by atoms with Crippen LogP contribution in [-0.2, 0) is 0 Å². The number of anilines is 1. The van der Waals surface area contributed by atoms with Crippen LogP contribution in [0.3, 0.4) is 0 Å². The Kier molecular flexibility index (Phi) is 4.20. The molecular weight excluding hydrogens is 301 g/mol. The van der Waals surface area contributed by atoms with Gasteiger partial charge in [0.25, 0.3) is 0 Å². The lowest BCUT2D eigenvalue weighted by Crippen LogP contribution is -2.24. The van der Waals surface area contributed by atoms with Crippen LogP contribution < -0.4 is 10.7 Å². The van der Waals surface area contributed by atoms with E-state index in [1.165, 1.54) is 12.5 Å². The maximum Gasteiger partial charge on any atom is 0.191 e. The Morgan fingerprint density at radius 1 is 1.36 bits per heavy atom. The van der Waals surface area contributed by atoms with E-state index < -0.39 is 0 Å². The van der Waals surface area contributed by atoms with E-state index in [4.69, 9.17) is 16.6 Å². The van der Waals surface area contributed by atoms with Crippen LogP contribution >= 0.6 is 12.2 Å². The maximum atomic E-state index is 13.4. The van der Waals surface area contributed by atoms with Crippen LogP contribution in [-0.4, -0.2) is 11.3 Å². The number of rotatable bonds is 4. The van der Waals surface area contributed by atoms with Gasteiger partial charge in [0.1, 0.15) is 17.3 Å². The third-order valence-corrected chi connectivity index (χ3v) is 3.80. The van der Waals surface area contributed by atoms with Gasteiger partial charge in [0.15, 0.2) is 5.11 Å². The molecule has 1 heterocycles. The van der Waals surface area contributed by atoms with Crippen LogP contribution in [0.5, 0.6) is 0 Å². The standard InChI is InChI=1S/C16H16FN3OS/c1-10-8-12(10)15-7-6-11(21-15)9-18-20-16(22)19-14-5-3-2-4-13(14)17/h2-7,9-10,12H,8H2,1H3,(H2,19,20,22)/b18-9-/t10-,12+/m0/s1. The summed E-state index contributed by atoms with van der Waals surface area (Å²) in [5, 5.41) is 6.93. The highest BCUT2D eigenvalue weighted by molar-refractivity contribution is 7.80. The smallest absolute Gasteiger partial charge is 0.191 e. The lowest BCUT2D eigenvalue weighted by atomic mass is 10.3. The zero-order chi connectivity index (χ0) is 15.5. The molecule has 0 bridgehead atoms. The van der Waals surface area contributed by atoms with Crippen molar-refractivity contribution in [1.29, 1.82) is 0 Å². The molecule has 1 aromatic carbocycles. The first-order chi connectivity index (χ1) is 10.6. The molecule has 114 valence electrons. The molecule has 22 heavy (non-hydrogen) atoms. The van der Waals surface area contributed by atoms with E-state index in [-0.39, 0.29) is 10.9 Å². The summed E-state index contributed by atoms with van der Waals surface area (Å²) in [6, 6.07) is 10.1. The lowest BCUT2D eigenvalue weighted by Gasteiger charge is -2.07. The molecule has 1 aliphatic carbocycles. The van der Waals surface area contributed by atoms with Crippen LogP contribution in [0.2, 0.25) is 0 Å². The second-order valence-corrected chi connectivity index (χ2v) is 5.77. The molecule has 0 aliphatic heterocycles. The summed E-state index contributed by atoms with van der Waals surface area (Å²) in [6.45, 7) is 2.20. The highest BCUT2D eigenvalue weighted by atomic mass is 32.1. The van der Waals surface area contributed by atoms with Crippen molar-refractivity contribution in [2.24, 2.45) is 11.0 Å². The molecule has 1 fully saturated rings. The molecule has 0 amide bonds. The number of hydrogen-bond acceptors (Lipinski definition) is 3. The number of benzene rings is 1. The summed E-state index contributed by atoms with van der Waals surface area (Å²) in [4.78, 5) is 0. The average Bonchev–Trinajstić information content (AvgIpc) is 3.04. The fourth-order valence-corrected chi connectivity index (χ4v) is 2.39. The molecule has 4 nitrogen and oxygen atoms in total. The molecule has 6 heteroatoms. The number of nitrogens with one attached hydrogen (secondary N) is 2. The van der Waals surface area contributed by atoms with Gasteiger partial charge in [-0.1, -0.05) is 19.1 Å². The Morgan fingerprint density at radius 3 is 2.86 bits per heavy atom. The van der Waals surface area contributed by atoms with E-state index in [1.54, 1.807) is 24.4 Å². The Bertz CT molecular complexity index is 713. The minimum absolute atomic E-state index is 0.212. The number of para-hydroxylation sites is 1. The van der Waals surface area contributed by atoms with Gasteiger partial charge in [0, 0.05) is 5.92 Å². The molecule has 0 unspecified atom stereocenters. The van der Waals surface area contributed by atoms with Gasteiger partial charge in [-0.2, -0.15) is 5.10 Å². The summed E-state index contributed by atoms with van der Waals surface area (Å²) in [6.07, 6.45) is 2.73. The second-order valence-electron chi connectivity index (χ2n) is 5.36. The van der Waals surface area contributed by atoms with E-state index in [9.17, 15) is 4.39 Å². The van der Waals surface area contributed by atoms with Crippen molar-refractivity contribution in [2.75, 3.05) is 5.32 Å². The largest absolute Gasteiger partial charge is 0.460 e. The van der Waals surface area contributed by atoms with E-state index in [1.807, 2.05) is 12.1 Å². The molecule has 0 spiro atoms. The second kappa shape index (κ2) is 6.27. The van der Waals surface area contributed by atoms with Crippen molar-refractivity contribution < 1.29 is 8.81 Å². The first-order valence-corrected chi connectivity index (χ1v) is 7.48. The van der Waals surface area contributed by atoms with Gasteiger partial charge in [-0.05, 0) is 48.8 Å². The first kappa shape index (κ1) is 14.7. The molecule has 0 saturated heterocycles. The zero-order valence-electron chi connectivity index (χ0n) is 12.0. The number of thiocarbonyl (C=S) groups is 1. The molecule has 0 radical (unpaired) electrons. The van der Waals surface area contributed by atoms with Gasteiger partial charge >= 0.3 is 0 Å². The van der Waals surface area contributed by atoms with Crippen molar-refractivity contribution in [3.05, 3.63) is 53.7 Å². The Balaban J connectivity index is 1.52. The molecule has 2 N–H and O–H groups in total. The van der Waals surface area contributed by atoms with E-state index in [2.05, 4.69) is 22.8 Å². The summed E-state index contributed by atoms with van der Waals surface area (Å²) in [5.74, 6) is 2.53. The van der Waals surface area contributed by atoms with Crippen molar-refractivity contribution in [2.45, 2.75) is 19.3 Å². The summed E-state index contributed by atoms with van der Waals surface area (Å²) >= 11 is 5.05. The van der Waals surface area contributed by atoms with Gasteiger partial charge in [-0.25, -0.2) is 4.39 Å². The van der Waals surface area contributed by atoms with E-state index in [0.29, 0.717) is 23.3 Å². The minimum atomic E-state index is -0.371. The highest BCUT2D eigenvalue weighted by Crippen LogP contribution is 2.47. The van der Waals surface area contributed by atoms with Gasteiger partial charge in [-0.15, -0.1) is 0 Å². The number of hydrazone groups is 1. The van der Waals surface area contributed by atoms with Crippen LogP contribution in [0.4, 0.5) is 10.1 Å². The maximum absolute atomic E-state index is 13.4. The van der Waals surface area contributed by atoms with Gasteiger partial charge in [0.05, 0.1) is 11.9 Å². The first-order valence-electron chi connectivity index (χ1n) is 7.08. The predicted octanol–water partition coefficient (Wildman–Crippen LogP) is 3.86. The van der Waals surface area contributed by atoms with Crippen LogP contribution in [0.15, 0.2) is 45.9 Å². The minimum Gasteiger partial charge on any atom is -0.460 e. The Labute approximate surface area is 133 Å². The topological polar surface area (TPSA) is 49.6 Å². The molecule has 3 rings (SSSR count). The fraction of sp³-hybridized carbons (Fsp3) is 0.250. The number of hydrogen-bond donors (Lipinski definition) is 2. The van der Waals surface area contributed by atoms with E-state index in [0.717, 1.165) is 5.76 Å². The molecular formula is C16H16FN3OS. The summed E-state index contributed by atoms with van der Waals surface area (Å²) < 4.78 is 19.1. The molecule has 1 saturated carbocycles. The monoisotopic (exact) mass is 317 g/mol. The number of halogens is 1. The quantitative estimate of drug-likeness (QED) is 0.511. The van der Waals surface area contributed by atoms with Crippen molar-refractivity contribution in [3.63, 3.8) is 0 Å². The Morgan fingerprint density at radius 2 is 2.14 bits per heavy atom. The zero-order valence-corrected chi connectivity index (χ0v) is 12.9. The van der Waals surface area contributed by atoms with Crippen LogP contribution in [0, 0.1) is 11.7 Å². The average molecular weight is 317 g/mol. The van der Waals surface area contributed by atoms with Crippen molar-refractivity contribution in [3.8, 4) is 0 Å². The van der Waals surface area contributed by atoms with Crippen LogP contribution in [0.1, 0.15) is 30.8 Å².